The number of likely N-dealkylation sites (tertiary alicyclic amines) is 1. The van der Waals surface area contributed by atoms with Crippen LogP contribution in [0.25, 0.3) is 22.6 Å². The van der Waals surface area contributed by atoms with Gasteiger partial charge in [0.15, 0.2) is 5.65 Å². The number of fused-ring (bicyclic) bond motifs is 1. The number of nitrogens with one attached hydrogen (secondary N) is 1. The Morgan fingerprint density at radius 3 is 2.43 bits per heavy atom. The van der Waals surface area contributed by atoms with E-state index in [1.807, 2.05) is 0 Å². The molecule has 0 radical (unpaired) electrons. The lowest BCUT2D eigenvalue weighted by Gasteiger charge is -2.23. The van der Waals surface area contributed by atoms with E-state index in [2.05, 4.69) is 19.9 Å². The zero-order valence-corrected chi connectivity index (χ0v) is 22.8. The number of carbonyl (C=O) groups is 2. The lowest BCUT2D eigenvalue weighted by molar-refractivity contribution is -0.127. The molecule has 42 heavy (non-hydrogen) atoms. The average Bonchev–Trinajstić information content (AvgIpc) is 3.92. The highest BCUT2D eigenvalue weighted by Gasteiger charge is 2.34. The van der Waals surface area contributed by atoms with Gasteiger partial charge in [0, 0.05) is 56.1 Å². The van der Waals surface area contributed by atoms with Gasteiger partial charge >= 0.3 is 5.69 Å². The van der Waals surface area contributed by atoms with Crippen molar-refractivity contribution in [1.29, 1.82) is 0 Å². The highest BCUT2D eigenvalue weighted by Crippen LogP contribution is 2.37. The summed E-state index contributed by atoms with van der Waals surface area (Å²) in [6, 6.07) is 5.90. The maximum Gasteiger partial charge on any atom is 0.333 e. The first-order valence-corrected chi connectivity index (χ1v) is 14.3. The lowest BCUT2D eigenvalue weighted by Crippen LogP contribution is -2.39. The predicted octanol–water partition coefficient (Wildman–Crippen LogP) is 2.81. The number of H-pyrrole nitrogens is 1. The zero-order chi connectivity index (χ0) is 29.0. The molecule has 13 heteroatoms. The molecule has 2 saturated carbocycles. The third-order valence-corrected chi connectivity index (χ3v) is 8.08. The molecule has 1 aliphatic heterocycles. The van der Waals surface area contributed by atoms with Crippen molar-refractivity contribution in [3.8, 4) is 11.4 Å². The van der Waals surface area contributed by atoms with Gasteiger partial charge in [-0.25, -0.2) is 19.7 Å². The van der Waals surface area contributed by atoms with E-state index < -0.39 is 11.9 Å². The van der Waals surface area contributed by atoms with Gasteiger partial charge in [0.1, 0.15) is 17.2 Å². The molecule has 2 amide bonds. The van der Waals surface area contributed by atoms with Crippen molar-refractivity contribution >= 4 is 28.8 Å². The Labute approximate surface area is 238 Å². The minimum atomic E-state index is -0.685. The Balaban J connectivity index is 1.19. The number of amides is 2. The smallest absolute Gasteiger partial charge is 0.333 e. The normalized spacial score (nSPS) is 16.9. The largest absolute Gasteiger partial charge is 0.343 e. The van der Waals surface area contributed by atoms with Gasteiger partial charge in [-0.2, -0.15) is 4.39 Å². The van der Waals surface area contributed by atoms with Crippen LogP contribution >= 0.6 is 0 Å². The zero-order valence-electron chi connectivity index (χ0n) is 22.8. The molecule has 7 rings (SSSR count). The number of anilines is 1. The van der Waals surface area contributed by atoms with Crippen LogP contribution in [-0.2, 0) is 4.79 Å². The number of pyridine rings is 2. The third kappa shape index (κ3) is 4.78. The second kappa shape index (κ2) is 10.3. The molecule has 1 saturated heterocycles. The monoisotopic (exact) mass is 572 g/mol. The summed E-state index contributed by atoms with van der Waals surface area (Å²) < 4.78 is 16.4. The van der Waals surface area contributed by atoms with Crippen LogP contribution in [0.4, 0.5) is 10.2 Å². The maximum absolute atomic E-state index is 13.4. The van der Waals surface area contributed by atoms with Gasteiger partial charge < -0.3 is 9.88 Å². The fourth-order valence-corrected chi connectivity index (χ4v) is 5.58. The SMILES string of the molecule is O=C1CCCN1CCCN(C(=O)c1ccc(F)nc1)c1ccc(-c2nc3c([nH]2)c(=O)n(C2CC2)c(=O)n3C2CC2)cn1. The molecule has 0 unspecified atom stereocenters. The number of imidazole rings is 1. The van der Waals surface area contributed by atoms with E-state index in [9.17, 15) is 23.6 Å². The minimum absolute atomic E-state index is 0.0404. The van der Waals surface area contributed by atoms with Crippen LogP contribution in [0.3, 0.4) is 0 Å². The van der Waals surface area contributed by atoms with Crippen molar-refractivity contribution in [3.63, 3.8) is 0 Å². The van der Waals surface area contributed by atoms with E-state index in [0.29, 0.717) is 54.3 Å². The first-order valence-electron chi connectivity index (χ1n) is 14.3. The summed E-state index contributed by atoms with van der Waals surface area (Å²) in [5.74, 6) is -0.206. The molecule has 1 N–H and O–H groups in total. The van der Waals surface area contributed by atoms with Crippen LogP contribution < -0.4 is 16.1 Å². The fourth-order valence-electron chi connectivity index (χ4n) is 5.58. The maximum atomic E-state index is 13.4. The van der Waals surface area contributed by atoms with Gasteiger partial charge in [0.25, 0.3) is 11.5 Å². The quantitative estimate of drug-likeness (QED) is 0.304. The van der Waals surface area contributed by atoms with Crippen molar-refractivity contribution in [2.45, 2.75) is 57.0 Å². The molecule has 5 heterocycles. The molecule has 0 aromatic carbocycles. The molecule has 3 aliphatic rings. The molecule has 0 bridgehead atoms. The van der Waals surface area contributed by atoms with Crippen molar-refractivity contribution in [2.75, 3.05) is 24.5 Å². The number of hydrogen-bond acceptors (Lipinski definition) is 7. The summed E-state index contributed by atoms with van der Waals surface area (Å²) in [5.41, 5.74) is 0.774. The Hall–Kier alpha value is -4.68. The van der Waals surface area contributed by atoms with E-state index in [-0.39, 0.29) is 41.3 Å². The topological polar surface area (TPSA) is 139 Å². The molecule has 12 nitrogen and oxygen atoms in total. The van der Waals surface area contributed by atoms with Gasteiger partial charge in [-0.1, -0.05) is 0 Å². The molecule has 0 atom stereocenters. The van der Waals surface area contributed by atoms with Crippen molar-refractivity contribution in [1.82, 2.24) is 34.0 Å². The molecular formula is C29H29FN8O4. The number of hydrogen-bond donors (Lipinski definition) is 1. The first kappa shape index (κ1) is 26.2. The Kier molecular flexibility index (Phi) is 6.43. The number of carbonyl (C=O) groups excluding carboxylic acids is 2. The fraction of sp³-hybridized carbons (Fsp3) is 0.414. The van der Waals surface area contributed by atoms with Crippen LogP contribution in [0.5, 0.6) is 0 Å². The third-order valence-electron chi connectivity index (χ3n) is 8.08. The van der Waals surface area contributed by atoms with E-state index in [1.165, 1.54) is 21.7 Å². The molecule has 216 valence electrons. The molecule has 2 aliphatic carbocycles. The molecule has 4 aromatic rings. The molecule has 3 fully saturated rings. The predicted molar refractivity (Wildman–Crippen MR) is 151 cm³/mol. The second-order valence-electron chi connectivity index (χ2n) is 11.1. The Morgan fingerprint density at radius 1 is 1.00 bits per heavy atom. The van der Waals surface area contributed by atoms with E-state index in [4.69, 9.17) is 0 Å². The summed E-state index contributed by atoms with van der Waals surface area (Å²) >= 11 is 0. The number of aromatic amines is 1. The summed E-state index contributed by atoms with van der Waals surface area (Å²) in [6.45, 7) is 1.51. The summed E-state index contributed by atoms with van der Waals surface area (Å²) in [6.07, 6.45) is 8.02. The summed E-state index contributed by atoms with van der Waals surface area (Å²) in [5, 5.41) is 0. The number of aromatic nitrogens is 6. The lowest BCUT2D eigenvalue weighted by atomic mass is 10.2. The number of rotatable bonds is 9. The Morgan fingerprint density at radius 2 is 1.79 bits per heavy atom. The highest BCUT2D eigenvalue weighted by molar-refractivity contribution is 6.05. The van der Waals surface area contributed by atoms with E-state index in [1.54, 1.807) is 27.8 Å². The standard InChI is InChI=1S/C29H29FN8O4/c30-21-10-4-18(16-31-21)27(40)36(14-2-13-35-12-1-3-23(35)39)22-11-5-17(15-32-22)25-33-24-26(34-25)37(19-6-7-19)29(42)38(28(24)41)20-8-9-20/h4-5,10-11,15-16,19-20H,1-3,6-9,12-14H2,(H,33,34). The first-order chi connectivity index (χ1) is 20.4. The highest BCUT2D eigenvalue weighted by atomic mass is 19.1. The van der Waals surface area contributed by atoms with Crippen molar-refractivity contribution < 1.29 is 14.0 Å². The molecular weight excluding hydrogens is 543 g/mol. The molecule has 4 aromatic heterocycles. The van der Waals surface area contributed by atoms with Gasteiger partial charge in [-0.15, -0.1) is 0 Å². The number of nitrogens with zero attached hydrogens (tertiary/aromatic N) is 7. The second-order valence-corrected chi connectivity index (χ2v) is 11.1. The van der Waals surface area contributed by atoms with E-state index in [0.717, 1.165) is 38.2 Å². The van der Waals surface area contributed by atoms with Crippen LogP contribution in [0, 0.1) is 5.95 Å². The van der Waals surface area contributed by atoms with Gasteiger partial charge in [-0.05, 0) is 62.8 Å². The van der Waals surface area contributed by atoms with Crippen LogP contribution in [-0.4, -0.2) is 65.4 Å². The summed E-state index contributed by atoms with van der Waals surface area (Å²) in [7, 11) is 0. The average molecular weight is 573 g/mol. The van der Waals surface area contributed by atoms with Gasteiger partial charge in [0.05, 0.1) is 5.56 Å². The Bertz CT molecular complexity index is 1800. The van der Waals surface area contributed by atoms with E-state index >= 15 is 0 Å². The van der Waals surface area contributed by atoms with Crippen LogP contribution in [0.15, 0.2) is 46.2 Å². The minimum Gasteiger partial charge on any atom is -0.343 e. The van der Waals surface area contributed by atoms with Crippen molar-refractivity contribution in [3.05, 3.63) is 69.0 Å². The van der Waals surface area contributed by atoms with Crippen LogP contribution in [0.2, 0.25) is 0 Å². The summed E-state index contributed by atoms with van der Waals surface area (Å²) in [4.78, 5) is 71.1. The van der Waals surface area contributed by atoms with Crippen molar-refractivity contribution in [2.24, 2.45) is 0 Å². The molecule has 0 spiro atoms. The van der Waals surface area contributed by atoms with Crippen LogP contribution in [0.1, 0.15) is 67.4 Å². The number of halogens is 1. The van der Waals surface area contributed by atoms with Gasteiger partial charge in [-0.3, -0.25) is 28.4 Å². The van der Waals surface area contributed by atoms with Gasteiger partial charge in [0.2, 0.25) is 11.9 Å².